The lowest BCUT2D eigenvalue weighted by molar-refractivity contribution is 0.411. The molecule has 21 heavy (non-hydrogen) atoms. The predicted molar refractivity (Wildman–Crippen MR) is 88.5 cm³/mol. The van der Waals surface area contributed by atoms with E-state index < -0.39 is 0 Å². The third-order valence-corrected chi connectivity index (χ3v) is 4.73. The molecule has 0 radical (unpaired) electrons. The number of benzene rings is 2. The number of nitrogens with two attached hydrogens (primary N) is 1. The van der Waals surface area contributed by atoms with E-state index in [1.807, 2.05) is 12.1 Å². The number of nitrogens with one attached hydrogen (secondary N) is 1. The van der Waals surface area contributed by atoms with E-state index in [1.165, 1.54) is 5.56 Å². The number of piperidine rings is 1. The highest BCUT2D eigenvalue weighted by atomic mass is 35.5. The number of hydrogen-bond acceptors (Lipinski definition) is 3. The van der Waals surface area contributed by atoms with Crippen molar-refractivity contribution in [2.45, 2.75) is 24.9 Å². The Labute approximate surface area is 129 Å². The summed E-state index contributed by atoms with van der Waals surface area (Å²) in [4.78, 5) is 2.41. The molecule has 0 saturated carbocycles. The van der Waals surface area contributed by atoms with Gasteiger partial charge in [0.15, 0.2) is 0 Å². The summed E-state index contributed by atoms with van der Waals surface area (Å²) in [6, 6.07) is 14.8. The first-order valence-electron chi connectivity index (χ1n) is 7.42. The Kier molecular flexibility index (Phi) is 3.05. The second kappa shape index (κ2) is 4.93. The molecule has 3 N–H and O–H groups in total. The molecule has 2 heterocycles. The van der Waals surface area contributed by atoms with Gasteiger partial charge in [-0.2, -0.15) is 0 Å². The van der Waals surface area contributed by atoms with Crippen LogP contribution in [0.4, 0.5) is 17.1 Å². The zero-order valence-electron chi connectivity index (χ0n) is 11.7. The van der Waals surface area contributed by atoms with E-state index in [9.17, 15) is 0 Å². The van der Waals surface area contributed by atoms with Crippen molar-refractivity contribution in [1.29, 1.82) is 0 Å². The van der Waals surface area contributed by atoms with Crippen LogP contribution in [0.15, 0.2) is 42.5 Å². The van der Waals surface area contributed by atoms with Crippen LogP contribution in [-0.4, -0.2) is 12.6 Å². The quantitative estimate of drug-likeness (QED) is 0.770. The van der Waals surface area contributed by atoms with E-state index >= 15 is 0 Å². The maximum Gasteiger partial charge on any atom is 0.0714 e. The van der Waals surface area contributed by atoms with E-state index in [-0.39, 0.29) is 12.1 Å². The first kappa shape index (κ1) is 13.0. The topological polar surface area (TPSA) is 41.3 Å². The number of nitrogens with zero attached hydrogens (tertiary/aromatic N) is 1. The van der Waals surface area contributed by atoms with Crippen LogP contribution in [0.2, 0.25) is 5.02 Å². The minimum Gasteiger partial charge on any atom is -0.361 e. The second-order valence-corrected chi connectivity index (χ2v) is 6.25. The van der Waals surface area contributed by atoms with Crippen LogP contribution in [0.3, 0.4) is 0 Å². The fourth-order valence-corrected chi connectivity index (χ4v) is 3.72. The Balaban J connectivity index is 1.94. The van der Waals surface area contributed by atoms with Gasteiger partial charge in [-0.3, -0.25) is 0 Å². The Bertz CT molecular complexity index is 685. The van der Waals surface area contributed by atoms with Gasteiger partial charge in [0.05, 0.1) is 17.4 Å². The first-order valence-corrected chi connectivity index (χ1v) is 7.79. The molecule has 0 bridgehead atoms. The summed E-state index contributed by atoms with van der Waals surface area (Å²) in [5.41, 5.74) is 11.1. The number of fused-ring (bicyclic) bond motifs is 5. The fraction of sp³-hybridized carbons (Fsp3) is 0.294. The molecule has 3 nitrogen and oxygen atoms in total. The molecule has 0 unspecified atom stereocenters. The summed E-state index contributed by atoms with van der Waals surface area (Å²) in [6.07, 6.45) is 2.18. The predicted octanol–water partition coefficient (Wildman–Crippen LogP) is 4.07. The molecule has 1 saturated heterocycles. The molecule has 4 heteroatoms. The van der Waals surface area contributed by atoms with E-state index in [2.05, 4.69) is 40.5 Å². The van der Waals surface area contributed by atoms with Gasteiger partial charge in [0.25, 0.3) is 0 Å². The molecule has 108 valence electrons. The van der Waals surface area contributed by atoms with E-state index in [0.29, 0.717) is 0 Å². The molecule has 0 spiro atoms. The van der Waals surface area contributed by atoms with Crippen LogP contribution < -0.4 is 16.0 Å². The summed E-state index contributed by atoms with van der Waals surface area (Å²) in [7, 11) is 0. The minimum absolute atomic E-state index is 0.145. The highest BCUT2D eigenvalue weighted by molar-refractivity contribution is 6.31. The molecular weight excluding hydrogens is 282 g/mol. The summed E-state index contributed by atoms with van der Waals surface area (Å²) in [5, 5.41) is 4.31. The maximum absolute atomic E-state index is 6.47. The summed E-state index contributed by atoms with van der Waals surface area (Å²) in [6.45, 7) is 1.02. The lowest BCUT2D eigenvalue weighted by atomic mass is 9.90. The van der Waals surface area contributed by atoms with Gasteiger partial charge in [-0.1, -0.05) is 29.8 Å². The molecule has 2 aromatic rings. The third-order valence-electron chi connectivity index (χ3n) is 4.50. The van der Waals surface area contributed by atoms with Crippen LogP contribution in [0.1, 0.15) is 24.4 Å². The zero-order chi connectivity index (χ0) is 14.4. The average Bonchev–Trinajstić information content (AvgIpc) is 2.63. The van der Waals surface area contributed by atoms with E-state index in [1.54, 1.807) is 0 Å². The van der Waals surface area contributed by atoms with Crippen molar-refractivity contribution in [3.63, 3.8) is 0 Å². The Hall–Kier alpha value is -1.71. The van der Waals surface area contributed by atoms with Gasteiger partial charge in [0, 0.05) is 23.3 Å². The fourth-order valence-electron chi connectivity index (χ4n) is 3.56. The van der Waals surface area contributed by atoms with Gasteiger partial charge in [-0.15, -0.1) is 0 Å². The van der Waals surface area contributed by atoms with E-state index in [4.69, 9.17) is 17.3 Å². The van der Waals surface area contributed by atoms with Crippen molar-refractivity contribution in [3.8, 4) is 0 Å². The number of anilines is 3. The Morgan fingerprint density at radius 2 is 2.00 bits per heavy atom. The minimum atomic E-state index is 0.145. The Morgan fingerprint density at radius 3 is 2.90 bits per heavy atom. The molecule has 1 fully saturated rings. The number of rotatable bonds is 0. The van der Waals surface area contributed by atoms with Crippen molar-refractivity contribution < 1.29 is 0 Å². The van der Waals surface area contributed by atoms with Crippen molar-refractivity contribution >= 4 is 28.7 Å². The molecule has 0 amide bonds. The highest BCUT2D eigenvalue weighted by Gasteiger charge is 2.35. The summed E-state index contributed by atoms with van der Waals surface area (Å²) < 4.78 is 0. The smallest absolute Gasteiger partial charge is 0.0714 e. The summed E-state index contributed by atoms with van der Waals surface area (Å²) >= 11 is 6.22. The second-order valence-electron chi connectivity index (χ2n) is 5.82. The summed E-state index contributed by atoms with van der Waals surface area (Å²) in [5.74, 6) is 0. The van der Waals surface area contributed by atoms with Crippen LogP contribution in [0.25, 0.3) is 0 Å². The largest absolute Gasteiger partial charge is 0.361 e. The van der Waals surface area contributed by atoms with Gasteiger partial charge in [-0.25, -0.2) is 0 Å². The lowest BCUT2D eigenvalue weighted by Crippen LogP contribution is -2.45. The first-order chi connectivity index (χ1) is 10.2. The van der Waals surface area contributed by atoms with Crippen LogP contribution in [0.5, 0.6) is 0 Å². The zero-order valence-corrected chi connectivity index (χ0v) is 12.5. The lowest BCUT2D eigenvalue weighted by Gasteiger charge is -2.41. The number of para-hydroxylation sites is 1. The standard InChI is InChI=1S/C17H18ClN3/c18-11-7-8-15-16(10-11)21-9-3-5-13(19)17(21)12-4-1-2-6-14(12)20-15/h1-2,4,6-8,10,13,17,20H,3,5,9,19H2/t13-,17-/m0/s1. The van der Waals surface area contributed by atoms with Gasteiger partial charge < -0.3 is 16.0 Å². The van der Waals surface area contributed by atoms with Crippen molar-refractivity contribution in [2.24, 2.45) is 5.73 Å². The van der Waals surface area contributed by atoms with Gasteiger partial charge in [0.1, 0.15) is 0 Å². The molecule has 2 atom stereocenters. The van der Waals surface area contributed by atoms with Crippen LogP contribution >= 0.6 is 11.6 Å². The monoisotopic (exact) mass is 299 g/mol. The third kappa shape index (κ3) is 2.08. The normalized spacial score (nSPS) is 23.4. The maximum atomic E-state index is 6.47. The van der Waals surface area contributed by atoms with E-state index in [0.717, 1.165) is 41.5 Å². The molecule has 2 aliphatic heterocycles. The van der Waals surface area contributed by atoms with Gasteiger partial charge >= 0.3 is 0 Å². The molecule has 0 aromatic heterocycles. The van der Waals surface area contributed by atoms with Crippen molar-refractivity contribution in [3.05, 3.63) is 53.1 Å². The molecule has 2 aliphatic rings. The van der Waals surface area contributed by atoms with Crippen molar-refractivity contribution in [2.75, 3.05) is 16.8 Å². The molecule has 2 aromatic carbocycles. The van der Waals surface area contributed by atoms with Gasteiger partial charge in [-0.05, 0) is 42.7 Å². The molecule has 0 aliphatic carbocycles. The Morgan fingerprint density at radius 1 is 1.14 bits per heavy atom. The van der Waals surface area contributed by atoms with Crippen LogP contribution in [-0.2, 0) is 0 Å². The van der Waals surface area contributed by atoms with Crippen LogP contribution in [0, 0.1) is 0 Å². The molecule has 4 rings (SSSR count). The van der Waals surface area contributed by atoms with Gasteiger partial charge in [0.2, 0.25) is 0 Å². The average molecular weight is 300 g/mol. The SMILES string of the molecule is N[C@H]1CCCN2c3cc(Cl)ccc3Nc3ccccc3[C@@H]12. The molecular formula is C17H18ClN3. The van der Waals surface area contributed by atoms with Crippen molar-refractivity contribution in [1.82, 2.24) is 0 Å². The number of hydrogen-bond donors (Lipinski definition) is 2. The number of halogens is 1. The highest BCUT2D eigenvalue weighted by Crippen LogP contribution is 2.45.